The van der Waals surface area contributed by atoms with Gasteiger partial charge in [0.05, 0.1) is 4.92 Å². The lowest BCUT2D eigenvalue weighted by atomic mass is 9.84. The van der Waals surface area contributed by atoms with Gasteiger partial charge in [-0.25, -0.2) is 0 Å². The van der Waals surface area contributed by atoms with Gasteiger partial charge in [0.1, 0.15) is 5.56 Å². The minimum absolute atomic E-state index is 0.0892. The molecule has 1 saturated carbocycles. The molecule has 224 valence electrons. The summed E-state index contributed by atoms with van der Waals surface area (Å²) in [5.74, 6) is 0.498. The first kappa shape index (κ1) is 30.7. The van der Waals surface area contributed by atoms with Gasteiger partial charge in [-0.3, -0.25) is 14.9 Å². The molecule has 0 spiro atoms. The maximum atomic E-state index is 13.3. The van der Waals surface area contributed by atoms with Crippen LogP contribution in [0, 0.1) is 22.0 Å². The molecule has 0 atom stereocenters. The van der Waals surface area contributed by atoms with Crippen LogP contribution >= 0.6 is 0 Å². The largest absolute Gasteiger partial charge is 0.423 e. The summed E-state index contributed by atoms with van der Waals surface area (Å²) >= 11 is 0. The van der Waals surface area contributed by atoms with Crippen LogP contribution in [0.3, 0.4) is 0 Å². The summed E-state index contributed by atoms with van der Waals surface area (Å²) in [6.07, 6.45) is -0.145. The van der Waals surface area contributed by atoms with E-state index in [1.54, 1.807) is 0 Å². The zero-order valence-electron chi connectivity index (χ0n) is 24.3. The Morgan fingerprint density at radius 1 is 1.00 bits per heavy atom. The number of piperidine rings is 1. The fraction of sp³-hybridized carbons (Fsp3) is 0.581. The highest BCUT2D eigenvalue weighted by Gasteiger charge is 2.39. The predicted octanol–water partition coefficient (Wildman–Crippen LogP) is 7.26. The Morgan fingerprint density at radius 3 is 2.15 bits per heavy atom. The summed E-state index contributed by atoms with van der Waals surface area (Å²) in [4.78, 5) is 27.5. The van der Waals surface area contributed by atoms with E-state index >= 15 is 0 Å². The number of carbonyl (C=O) groups is 1. The van der Waals surface area contributed by atoms with Crippen molar-refractivity contribution < 1.29 is 22.9 Å². The van der Waals surface area contributed by atoms with Gasteiger partial charge < -0.3 is 15.1 Å². The van der Waals surface area contributed by atoms with Gasteiger partial charge in [0.15, 0.2) is 0 Å². The second kappa shape index (κ2) is 12.3. The SMILES string of the molecule is CN(CC1CCN(c2ccc(C(C)(C)C)cc2)CC1)C(=O)C1CCC(Nc2ccc([N+](=O)[O-])c(C(F)(F)F)c2)CC1. The van der Waals surface area contributed by atoms with Crippen LogP contribution in [0.2, 0.25) is 0 Å². The topological polar surface area (TPSA) is 78.7 Å². The van der Waals surface area contributed by atoms with Crippen molar-refractivity contribution in [1.82, 2.24) is 4.90 Å². The number of amides is 1. The number of benzene rings is 2. The highest BCUT2D eigenvalue weighted by molar-refractivity contribution is 5.78. The van der Waals surface area contributed by atoms with Gasteiger partial charge in [-0.1, -0.05) is 32.9 Å². The molecule has 41 heavy (non-hydrogen) atoms. The van der Waals surface area contributed by atoms with Crippen molar-refractivity contribution in [3.63, 3.8) is 0 Å². The first-order valence-electron chi connectivity index (χ1n) is 14.4. The van der Waals surface area contributed by atoms with Crippen LogP contribution in [0.4, 0.5) is 30.2 Å². The van der Waals surface area contributed by atoms with Crippen LogP contribution in [0.5, 0.6) is 0 Å². The molecular weight excluding hydrogens is 533 g/mol. The molecule has 2 aromatic carbocycles. The first-order valence-corrected chi connectivity index (χ1v) is 14.4. The van der Waals surface area contributed by atoms with Crippen LogP contribution < -0.4 is 10.2 Å². The lowest BCUT2D eigenvalue weighted by molar-refractivity contribution is -0.388. The Kier molecular flexibility index (Phi) is 9.19. The predicted molar refractivity (Wildman–Crippen MR) is 155 cm³/mol. The highest BCUT2D eigenvalue weighted by atomic mass is 19.4. The number of nitrogens with zero attached hydrogens (tertiary/aromatic N) is 3. The fourth-order valence-electron chi connectivity index (χ4n) is 6.07. The molecule has 2 aromatic rings. The van der Waals surface area contributed by atoms with Crippen LogP contribution in [-0.2, 0) is 16.4 Å². The number of nitro benzene ring substituents is 1. The van der Waals surface area contributed by atoms with Crippen LogP contribution in [0.15, 0.2) is 42.5 Å². The Balaban J connectivity index is 1.23. The number of hydrogen-bond donors (Lipinski definition) is 1. The number of nitrogens with one attached hydrogen (secondary N) is 1. The van der Waals surface area contributed by atoms with E-state index in [0.29, 0.717) is 31.6 Å². The maximum Gasteiger partial charge on any atom is 0.423 e. The minimum Gasteiger partial charge on any atom is -0.382 e. The molecule has 2 aliphatic rings. The molecule has 1 N–H and O–H groups in total. The Hall–Kier alpha value is -3.30. The van der Waals surface area contributed by atoms with Crippen molar-refractivity contribution in [1.29, 1.82) is 0 Å². The van der Waals surface area contributed by atoms with E-state index in [1.165, 1.54) is 17.3 Å². The summed E-state index contributed by atoms with van der Waals surface area (Å²) < 4.78 is 40.0. The van der Waals surface area contributed by atoms with E-state index < -0.39 is 22.4 Å². The van der Waals surface area contributed by atoms with Gasteiger partial charge in [0.25, 0.3) is 5.69 Å². The molecule has 1 aliphatic carbocycles. The van der Waals surface area contributed by atoms with Crippen LogP contribution in [-0.4, -0.2) is 48.5 Å². The van der Waals surface area contributed by atoms with Gasteiger partial charge in [-0.2, -0.15) is 13.2 Å². The lowest BCUT2D eigenvalue weighted by Crippen LogP contribution is -2.42. The summed E-state index contributed by atoms with van der Waals surface area (Å²) in [6.45, 7) is 9.31. The number of anilines is 2. The number of nitro groups is 1. The first-order chi connectivity index (χ1) is 19.2. The van der Waals surface area contributed by atoms with Gasteiger partial charge in [0, 0.05) is 56.1 Å². The van der Waals surface area contributed by atoms with Crippen molar-refractivity contribution >= 4 is 23.0 Å². The number of carbonyl (C=O) groups excluding carboxylic acids is 1. The Morgan fingerprint density at radius 2 is 1.61 bits per heavy atom. The van der Waals surface area contributed by atoms with Crippen molar-refractivity contribution in [2.45, 2.75) is 76.9 Å². The Labute approximate surface area is 240 Å². The molecule has 0 aromatic heterocycles. The van der Waals surface area contributed by atoms with Gasteiger partial charge in [0.2, 0.25) is 5.91 Å². The summed E-state index contributed by atoms with van der Waals surface area (Å²) in [7, 11) is 1.87. The maximum absolute atomic E-state index is 13.3. The van der Waals surface area contributed by atoms with Crippen molar-refractivity contribution in [3.8, 4) is 0 Å². The molecular formula is C31H41F3N4O3. The van der Waals surface area contributed by atoms with Gasteiger partial charge >= 0.3 is 6.18 Å². The highest BCUT2D eigenvalue weighted by Crippen LogP contribution is 2.38. The van der Waals surface area contributed by atoms with E-state index in [2.05, 4.69) is 55.3 Å². The average Bonchev–Trinajstić information content (AvgIpc) is 2.92. The molecule has 0 radical (unpaired) electrons. The third-order valence-electron chi connectivity index (χ3n) is 8.57. The normalized spacial score (nSPS) is 20.5. The molecule has 10 heteroatoms. The van der Waals surface area contributed by atoms with E-state index in [0.717, 1.165) is 44.6 Å². The van der Waals surface area contributed by atoms with Crippen molar-refractivity contribution in [2.24, 2.45) is 11.8 Å². The van der Waals surface area contributed by atoms with Gasteiger partial charge in [-0.15, -0.1) is 0 Å². The quantitative estimate of drug-likeness (QED) is 0.278. The second-order valence-corrected chi connectivity index (χ2v) is 12.6. The van der Waals surface area contributed by atoms with Crippen LogP contribution in [0.1, 0.15) is 70.4 Å². The van der Waals surface area contributed by atoms with Crippen molar-refractivity contribution in [2.75, 3.05) is 36.9 Å². The zero-order chi connectivity index (χ0) is 29.9. The number of alkyl halides is 3. The molecule has 4 rings (SSSR count). The van der Waals surface area contributed by atoms with Gasteiger partial charge in [-0.05, 0) is 79.7 Å². The minimum atomic E-state index is -4.82. The molecule has 1 saturated heterocycles. The standard InChI is InChI=1S/C31H41F3N4O3/c1-30(2,3)23-7-12-26(13-8-23)37-17-15-21(16-18-37)20-36(4)29(39)22-5-9-24(10-6-22)35-25-11-14-28(38(40)41)27(19-25)31(32,33)34/h7-8,11-14,19,21-22,24,35H,5-6,9-10,15-18,20H2,1-4H3. The molecule has 0 unspecified atom stereocenters. The summed E-state index contributed by atoms with van der Waals surface area (Å²) in [5.41, 5.74) is 0.679. The van der Waals surface area contributed by atoms with E-state index in [-0.39, 0.29) is 29.0 Å². The summed E-state index contributed by atoms with van der Waals surface area (Å²) in [5, 5.41) is 14.1. The third-order valence-corrected chi connectivity index (χ3v) is 8.57. The van der Waals surface area contributed by atoms with E-state index in [9.17, 15) is 28.1 Å². The molecule has 2 fully saturated rings. The molecule has 7 nitrogen and oxygen atoms in total. The molecule has 1 amide bonds. The lowest BCUT2D eigenvalue weighted by Gasteiger charge is -2.37. The van der Waals surface area contributed by atoms with E-state index in [1.807, 2.05) is 11.9 Å². The summed E-state index contributed by atoms with van der Waals surface area (Å²) in [6, 6.07) is 11.8. The number of rotatable bonds is 7. The molecule has 1 aliphatic heterocycles. The van der Waals surface area contributed by atoms with Crippen LogP contribution in [0.25, 0.3) is 0 Å². The smallest absolute Gasteiger partial charge is 0.382 e. The Bertz CT molecular complexity index is 1210. The zero-order valence-corrected chi connectivity index (χ0v) is 24.3. The average molecular weight is 575 g/mol. The monoisotopic (exact) mass is 574 g/mol. The third kappa shape index (κ3) is 7.71. The number of hydrogen-bond acceptors (Lipinski definition) is 5. The number of halogens is 3. The molecule has 1 heterocycles. The second-order valence-electron chi connectivity index (χ2n) is 12.6. The fourth-order valence-corrected chi connectivity index (χ4v) is 6.07. The van der Waals surface area contributed by atoms with E-state index in [4.69, 9.17) is 0 Å². The molecule has 0 bridgehead atoms. The van der Waals surface area contributed by atoms with Crippen molar-refractivity contribution in [3.05, 3.63) is 63.7 Å².